The maximum atomic E-state index is 12.9. The number of nitrogens with two attached hydrogens (primary N) is 1. The van der Waals surface area contributed by atoms with Crippen LogP contribution in [0.4, 0.5) is 10.5 Å². The largest absolute Gasteiger partial charge is 0.444 e. The molecule has 0 saturated heterocycles. The Morgan fingerprint density at radius 3 is 2.26 bits per heavy atom. The Balaban J connectivity index is 1.81. The van der Waals surface area contributed by atoms with Gasteiger partial charge in [0.25, 0.3) is 0 Å². The summed E-state index contributed by atoms with van der Waals surface area (Å²) in [5.74, 6) is 0.323. The quantitative estimate of drug-likeness (QED) is 0.269. The number of benzene rings is 3. The Morgan fingerprint density at radius 1 is 0.976 bits per heavy atom. The molecule has 0 aliphatic rings. The van der Waals surface area contributed by atoms with Crippen molar-refractivity contribution in [1.82, 2.24) is 15.5 Å². The second-order valence-electron chi connectivity index (χ2n) is 11.4. The van der Waals surface area contributed by atoms with Gasteiger partial charge in [0.15, 0.2) is 0 Å². The highest BCUT2D eigenvalue weighted by molar-refractivity contribution is 7.92. The molecule has 3 aromatic carbocycles. The number of carbonyl (C=O) groups excluding carboxylic acids is 1. The van der Waals surface area contributed by atoms with E-state index >= 15 is 0 Å². The zero-order valence-corrected chi connectivity index (χ0v) is 25.5. The van der Waals surface area contributed by atoms with Crippen LogP contribution in [0, 0.1) is 0 Å². The first-order valence-corrected chi connectivity index (χ1v) is 15.3. The summed E-state index contributed by atoms with van der Waals surface area (Å²) in [5, 5.41) is 11.6. The molecule has 3 N–H and O–H groups in total. The lowest BCUT2D eigenvalue weighted by atomic mass is 9.92. The molecule has 1 amide bonds. The van der Waals surface area contributed by atoms with Crippen LogP contribution in [0.25, 0.3) is 22.6 Å². The average molecular weight is 592 g/mol. The predicted octanol–water partition coefficient (Wildman–Crippen LogP) is 5.24. The Labute approximate surface area is 247 Å². The molecule has 42 heavy (non-hydrogen) atoms. The molecule has 4 aromatic rings. The minimum Gasteiger partial charge on any atom is -0.444 e. The van der Waals surface area contributed by atoms with Gasteiger partial charge in [-0.25, -0.2) is 13.2 Å². The Kier molecular flexibility index (Phi) is 8.74. The third kappa shape index (κ3) is 7.34. The van der Waals surface area contributed by atoms with Crippen molar-refractivity contribution >= 4 is 21.8 Å². The van der Waals surface area contributed by atoms with Gasteiger partial charge in [0.1, 0.15) is 11.1 Å². The third-order valence-electron chi connectivity index (χ3n) is 6.65. The van der Waals surface area contributed by atoms with Crippen molar-refractivity contribution in [3.63, 3.8) is 0 Å². The van der Waals surface area contributed by atoms with Crippen molar-refractivity contribution in [3.8, 4) is 22.6 Å². The average Bonchev–Trinajstić information content (AvgIpc) is 3.43. The summed E-state index contributed by atoms with van der Waals surface area (Å²) in [7, 11) is -2.09. The minimum absolute atomic E-state index is 0.158. The third-order valence-corrected chi connectivity index (χ3v) is 7.85. The number of amides is 1. The zero-order valence-electron chi connectivity index (χ0n) is 24.7. The number of nitrogens with zero attached hydrogens (tertiary/aromatic N) is 3. The first-order chi connectivity index (χ1) is 19.7. The number of hydrogen-bond acceptors (Lipinski definition) is 8. The standard InChI is InChI=1S/C31H37N5O5S/c1-30(2,3)41-29(37)33-31(4,19-21-12-8-7-9-13-21)28-35-34-27(40-28)24-16-23(26-15-11-10-14-22(26)20-32)17-25(18-24)36(5)42(6,38)39/h7-18H,19-20,32H2,1-6H3,(H,33,37)/t31-/m0/s1. The van der Waals surface area contributed by atoms with Crippen LogP contribution in [0.5, 0.6) is 0 Å². The second kappa shape index (κ2) is 11.9. The Morgan fingerprint density at radius 2 is 1.62 bits per heavy atom. The zero-order chi connectivity index (χ0) is 30.7. The lowest BCUT2D eigenvalue weighted by Crippen LogP contribution is -2.47. The van der Waals surface area contributed by atoms with Gasteiger partial charge in [-0.15, -0.1) is 10.2 Å². The lowest BCUT2D eigenvalue weighted by Gasteiger charge is -2.29. The molecule has 0 fully saturated rings. The van der Waals surface area contributed by atoms with Gasteiger partial charge in [0.2, 0.25) is 21.8 Å². The van der Waals surface area contributed by atoms with Gasteiger partial charge in [-0.05, 0) is 68.1 Å². The molecule has 11 heteroatoms. The van der Waals surface area contributed by atoms with Crippen molar-refractivity contribution in [3.05, 3.63) is 89.8 Å². The molecule has 0 aliphatic carbocycles. The number of rotatable bonds is 9. The summed E-state index contributed by atoms with van der Waals surface area (Å²) in [6, 6.07) is 22.5. The molecule has 10 nitrogen and oxygen atoms in total. The Hall–Kier alpha value is -4.22. The summed E-state index contributed by atoms with van der Waals surface area (Å²) >= 11 is 0. The van der Waals surface area contributed by atoms with Gasteiger partial charge in [-0.2, -0.15) is 0 Å². The van der Waals surface area contributed by atoms with E-state index in [0.717, 1.165) is 28.5 Å². The number of carbonyl (C=O) groups is 1. The van der Waals surface area contributed by atoms with Gasteiger partial charge in [-0.3, -0.25) is 4.31 Å². The van der Waals surface area contributed by atoms with Gasteiger partial charge in [0, 0.05) is 25.6 Å². The molecule has 0 saturated carbocycles. The number of nitrogens with one attached hydrogen (secondary N) is 1. The van der Waals surface area contributed by atoms with Crippen LogP contribution in [-0.2, 0) is 33.3 Å². The molecule has 4 rings (SSSR count). The highest BCUT2D eigenvalue weighted by Gasteiger charge is 2.37. The molecule has 1 heterocycles. The summed E-state index contributed by atoms with van der Waals surface area (Å²) in [5.41, 5.74) is 8.51. The topological polar surface area (TPSA) is 141 Å². The number of hydrogen-bond donors (Lipinski definition) is 2. The molecular weight excluding hydrogens is 554 g/mol. The number of anilines is 1. The fourth-order valence-electron chi connectivity index (χ4n) is 4.51. The first-order valence-electron chi connectivity index (χ1n) is 13.5. The van der Waals surface area contributed by atoms with Crippen LogP contribution in [0.1, 0.15) is 44.7 Å². The fourth-order valence-corrected chi connectivity index (χ4v) is 5.00. The summed E-state index contributed by atoms with van der Waals surface area (Å²) in [6.45, 7) is 7.45. The van der Waals surface area contributed by atoms with E-state index in [1.807, 2.05) is 60.7 Å². The Bertz CT molecular complexity index is 1660. The number of alkyl carbamates (subject to hydrolysis) is 1. The molecule has 1 atom stereocenters. The molecular formula is C31H37N5O5S. The van der Waals surface area contributed by atoms with E-state index < -0.39 is 27.3 Å². The summed E-state index contributed by atoms with van der Waals surface area (Å²) in [6.07, 6.45) is 0.855. The predicted molar refractivity (Wildman–Crippen MR) is 163 cm³/mol. The molecule has 1 aromatic heterocycles. The van der Waals surface area contributed by atoms with Crippen LogP contribution in [0.2, 0.25) is 0 Å². The molecule has 0 spiro atoms. The van der Waals surface area contributed by atoms with Crippen LogP contribution in [-0.4, -0.2) is 43.6 Å². The lowest BCUT2D eigenvalue weighted by molar-refractivity contribution is 0.0443. The summed E-state index contributed by atoms with van der Waals surface area (Å²) in [4.78, 5) is 12.9. The molecule has 0 bridgehead atoms. The van der Waals surface area contributed by atoms with Crippen molar-refractivity contribution in [2.45, 2.75) is 51.8 Å². The summed E-state index contributed by atoms with van der Waals surface area (Å²) < 4.78 is 37.9. The van der Waals surface area contributed by atoms with E-state index in [1.54, 1.807) is 39.8 Å². The van der Waals surface area contributed by atoms with Crippen LogP contribution >= 0.6 is 0 Å². The van der Waals surface area contributed by atoms with E-state index in [1.165, 1.54) is 11.4 Å². The van der Waals surface area contributed by atoms with E-state index in [9.17, 15) is 13.2 Å². The monoisotopic (exact) mass is 591 g/mol. The second-order valence-corrected chi connectivity index (χ2v) is 13.4. The molecule has 222 valence electrons. The maximum Gasteiger partial charge on any atom is 0.408 e. The number of ether oxygens (including phenoxy) is 1. The van der Waals surface area contributed by atoms with E-state index in [4.69, 9.17) is 14.9 Å². The molecule has 0 unspecified atom stereocenters. The fraction of sp³-hybridized carbons (Fsp3) is 0.323. The normalized spacial score (nSPS) is 13.3. The van der Waals surface area contributed by atoms with Crippen molar-refractivity contribution in [1.29, 1.82) is 0 Å². The highest BCUT2D eigenvalue weighted by atomic mass is 32.2. The smallest absolute Gasteiger partial charge is 0.408 e. The maximum absolute atomic E-state index is 12.9. The van der Waals surface area contributed by atoms with Crippen molar-refractivity contribution < 1.29 is 22.4 Å². The van der Waals surface area contributed by atoms with Gasteiger partial charge >= 0.3 is 6.09 Å². The van der Waals surface area contributed by atoms with Gasteiger partial charge < -0.3 is 20.2 Å². The van der Waals surface area contributed by atoms with E-state index in [-0.39, 0.29) is 11.8 Å². The van der Waals surface area contributed by atoms with Gasteiger partial charge in [-0.1, -0.05) is 54.6 Å². The van der Waals surface area contributed by atoms with E-state index in [0.29, 0.717) is 24.2 Å². The van der Waals surface area contributed by atoms with Gasteiger partial charge in [0.05, 0.1) is 11.9 Å². The molecule has 0 aliphatic heterocycles. The minimum atomic E-state index is -3.57. The van der Waals surface area contributed by atoms with Crippen LogP contribution in [0.15, 0.2) is 77.2 Å². The molecule has 0 radical (unpaired) electrons. The SMILES string of the molecule is CN(c1cc(-c2nnc([C@](C)(Cc3ccccc3)NC(=O)OC(C)(C)C)o2)cc(-c2ccccc2CN)c1)S(C)(=O)=O. The highest BCUT2D eigenvalue weighted by Crippen LogP contribution is 2.35. The van der Waals surface area contributed by atoms with Crippen LogP contribution < -0.4 is 15.4 Å². The van der Waals surface area contributed by atoms with E-state index in [2.05, 4.69) is 15.5 Å². The number of sulfonamides is 1. The van der Waals surface area contributed by atoms with Crippen molar-refractivity contribution in [2.24, 2.45) is 5.73 Å². The van der Waals surface area contributed by atoms with Crippen LogP contribution in [0.3, 0.4) is 0 Å². The first kappa shape index (κ1) is 30.7. The van der Waals surface area contributed by atoms with Crippen molar-refractivity contribution in [2.75, 3.05) is 17.6 Å². The number of aromatic nitrogens is 2.